The van der Waals surface area contributed by atoms with Crippen LogP contribution in [-0.2, 0) is 22.4 Å². The van der Waals surface area contributed by atoms with E-state index in [0.717, 1.165) is 36.1 Å². The molecule has 0 fully saturated rings. The minimum Gasteiger partial charge on any atom is -0.550 e. The van der Waals surface area contributed by atoms with Gasteiger partial charge in [-0.3, -0.25) is 4.79 Å². The van der Waals surface area contributed by atoms with E-state index >= 15 is 0 Å². The maximum absolute atomic E-state index is 12.3. The number of aryl methyl sites for hydroxylation is 2. The van der Waals surface area contributed by atoms with E-state index < -0.39 is 23.6 Å². The number of nitrogens with one attached hydrogen (secondary N) is 1. The van der Waals surface area contributed by atoms with Gasteiger partial charge in [0.25, 0.3) is 5.56 Å². The molecule has 1 atom stereocenters. The average molecular weight is 352 g/mol. The van der Waals surface area contributed by atoms with E-state index in [-0.39, 0.29) is 10.7 Å². The zero-order chi connectivity index (χ0) is 16.6. The van der Waals surface area contributed by atoms with E-state index in [1.165, 1.54) is 11.3 Å². The van der Waals surface area contributed by atoms with Crippen LogP contribution in [0.4, 0.5) is 0 Å². The molecular formula is C14H12N2O5S2-2. The van der Waals surface area contributed by atoms with Crippen LogP contribution < -0.4 is 15.8 Å². The molecule has 0 unspecified atom stereocenters. The Bertz CT molecular complexity index is 842. The second-order valence-corrected chi connectivity index (χ2v) is 7.54. The predicted octanol–water partition coefficient (Wildman–Crippen LogP) is -0.786. The van der Waals surface area contributed by atoms with Crippen molar-refractivity contribution in [3.63, 3.8) is 0 Å². The molecule has 0 radical (unpaired) electrons. The Morgan fingerprint density at radius 2 is 2.04 bits per heavy atom. The number of rotatable bonds is 5. The van der Waals surface area contributed by atoms with Gasteiger partial charge in [-0.05, 0) is 31.2 Å². The van der Waals surface area contributed by atoms with Crippen LogP contribution in [0.1, 0.15) is 29.7 Å². The molecule has 1 N–H and O–H groups in total. The molecule has 1 aliphatic rings. The Kier molecular flexibility index (Phi) is 4.40. The lowest BCUT2D eigenvalue weighted by Crippen LogP contribution is -2.38. The predicted molar refractivity (Wildman–Crippen MR) is 81.2 cm³/mol. The molecule has 0 bridgehead atoms. The van der Waals surface area contributed by atoms with Crippen molar-refractivity contribution < 1.29 is 19.8 Å². The number of hydrogen-bond donors (Lipinski definition) is 1. The Hall–Kier alpha value is -1.87. The minimum absolute atomic E-state index is 0.0801. The maximum Gasteiger partial charge on any atom is 0.260 e. The van der Waals surface area contributed by atoms with Gasteiger partial charge >= 0.3 is 0 Å². The Balaban J connectivity index is 1.98. The molecule has 0 saturated heterocycles. The summed E-state index contributed by atoms with van der Waals surface area (Å²) in [6, 6.07) is 0. The van der Waals surface area contributed by atoms with Gasteiger partial charge in [0.1, 0.15) is 4.83 Å². The third kappa shape index (κ3) is 3.25. The Morgan fingerprint density at radius 3 is 2.74 bits per heavy atom. The third-order valence-electron chi connectivity index (χ3n) is 3.67. The molecule has 7 nitrogen and oxygen atoms in total. The molecule has 0 aliphatic heterocycles. The number of thioether (sulfide) groups is 1. The van der Waals surface area contributed by atoms with Gasteiger partial charge in [-0.15, -0.1) is 11.3 Å². The zero-order valence-electron chi connectivity index (χ0n) is 11.9. The summed E-state index contributed by atoms with van der Waals surface area (Å²) in [5, 5.41) is 20.9. The molecule has 9 heteroatoms. The second kappa shape index (κ2) is 6.32. The standard InChI is InChI=1S/C14H14N2O5S2/c17-9(18)5-8(13(20)21)23-14-15-11(19)10-6-3-1-2-4-7(6)22-12(10)16-14/h8H,1-5H2,(H,17,18)(H,20,21)(H,15,16,19)/p-2/t8-/m1/s1. The van der Waals surface area contributed by atoms with Crippen molar-refractivity contribution in [2.45, 2.75) is 42.5 Å². The molecule has 1 aliphatic carbocycles. The molecule has 0 saturated carbocycles. The molecule has 0 aromatic carbocycles. The fraction of sp³-hybridized carbons (Fsp3) is 0.429. The number of carbonyl (C=O) groups excluding carboxylic acids is 2. The number of H-pyrrole nitrogens is 1. The molecule has 0 spiro atoms. The van der Waals surface area contributed by atoms with Crippen molar-refractivity contribution in [2.75, 3.05) is 0 Å². The number of carboxylic acid groups (broad SMARTS) is 2. The largest absolute Gasteiger partial charge is 0.550 e. The van der Waals surface area contributed by atoms with Crippen LogP contribution in [0.15, 0.2) is 9.95 Å². The molecule has 2 heterocycles. The van der Waals surface area contributed by atoms with Gasteiger partial charge in [0.2, 0.25) is 0 Å². The second-order valence-electron chi connectivity index (χ2n) is 5.26. The van der Waals surface area contributed by atoms with Gasteiger partial charge in [0.05, 0.1) is 16.6 Å². The number of aromatic nitrogens is 2. The molecule has 122 valence electrons. The summed E-state index contributed by atoms with van der Waals surface area (Å²) in [6.07, 6.45) is 3.17. The van der Waals surface area contributed by atoms with E-state index in [4.69, 9.17) is 0 Å². The number of thiophene rings is 1. The van der Waals surface area contributed by atoms with Crippen LogP contribution in [0.25, 0.3) is 10.2 Å². The van der Waals surface area contributed by atoms with Crippen molar-refractivity contribution in [1.82, 2.24) is 9.97 Å². The van der Waals surface area contributed by atoms with Gasteiger partial charge < -0.3 is 24.8 Å². The smallest absolute Gasteiger partial charge is 0.260 e. The van der Waals surface area contributed by atoms with E-state index in [1.54, 1.807) is 0 Å². The first kappa shape index (κ1) is 16.0. The number of fused-ring (bicyclic) bond motifs is 3. The molecule has 0 amide bonds. The first-order valence-electron chi connectivity index (χ1n) is 7.07. The van der Waals surface area contributed by atoms with Crippen LogP contribution in [0.5, 0.6) is 0 Å². The Morgan fingerprint density at radius 1 is 1.30 bits per heavy atom. The van der Waals surface area contributed by atoms with Crippen LogP contribution in [0, 0.1) is 0 Å². The lowest BCUT2D eigenvalue weighted by atomic mass is 9.97. The molecule has 2 aromatic heterocycles. The van der Waals surface area contributed by atoms with Gasteiger partial charge in [-0.2, -0.15) is 0 Å². The summed E-state index contributed by atoms with van der Waals surface area (Å²) in [4.78, 5) is 42.5. The fourth-order valence-electron chi connectivity index (χ4n) is 2.66. The summed E-state index contributed by atoms with van der Waals surface area (Å²) in [7, 11) is 0. The Labute approximate surface area is 138 Å². The summed E-state index contributed by atoms with van der Waals surface area (Å²) in [6.45, 7) is 0. The lowest BCUT2D eigenvalue weighted by Gasteiger charge is -2.17. The van der Waals surface area contributed by atoms with Crippen LogP contribution >= 0.6 is 23.1 Å². The summed E-state index contributed by atoms with van der Waals surface area (Å²) < 4.78 is 0. The van der Waals surface area contributed by atoms with Crippen molar-refractivity contribution in [3.05, 3.63) is 20.8 Å². The van der Waals surface area contributed by atoms with Crippen molar-refractivity contribution in [3.8, 4) is 0 Å². The number of carbonyl (C=O) groups is 2. The summed E-state index contributed by atoms with van der Waals surface area (Å²) >= 11 is 2.10. The van der Waals surface area contributed by atoms with Gasteiger partial charge in [-0.1, -0.05) is 11.8 Å². The van der Waals surface area contributed by atoms with E-state index in [1.807, 2.05) is 0 Å². The molecule has 3 rings (SSSR count). The van der Waals surface area contributed by atoms with Gasteiger partial charge in [0.15, 0.2) is 5.16 Å². The highest BCUT2D eigenvalue weighted by Gasteiger charge is 2.21. The molecule has 23 heavy (non-hydrogen) atoms. The number of aliphatic carboxylic acids is 2. The fourth-order valence-corrected chi connectivity index (χ4v) is 4.86. The SMILES string of the molecule is O=C([O-])C[C@@H](Sc1nc2sc3c(c2c(=O)[nH]1)CCCC3)C(=O)[O-]. The number of hydrogen-bond acceptors (Lipinski definition) is 8. The van der Waals surface area contributed by atoms with Gasteiger partial charge in [-0.25, -0.2) is 4.98 Å². The van der Waals surface area contributed by atoms with Crippen LogP contribution in [0.3, 0.4) is 0 Å². The van der Waals surface area contributed by atoms with Crippen LogP contribution in [-0.4, -0.2) is 27.2 Å². The lowest BCUT2D eigenvalue weighted by molar-refractivity contribution is -0.314. The number of carboxylic acids is 2. The van der Waals surface area contributed by atoms with Crippen molar-refractivity contribution in [1.29, 1.82) is 0 Å². The van der Waals surface area contributed by atoms with E-state index in [9.17, 15) is 24.6 Å². The van der Waals surface area contributed by atoms with Crippen LogP contribution in [0.2, 0.25) is 0 Å². The third-order valence-corrected chi connectivity index (χ3v) is 5.92. The zero-order valence-corrected chi connectivity index (χ0v) is 13.6. The number of aromatic amines is 1. The van der Waals surface area contributed by atoms with Gasteiger partial charge in [0, 0.05) is 17.3 Å². The van der Waals surface area contributed by atoms with E-state index in [2.05, 4.69) is 9.97 Å². The maximum atomic E-state index is 12.3. The highest BCUT2D eigenvalue weighted by Crippen LogP contribution is 2.34. The van der Waals surface area contributed by atoms with Crippen molar-refractivity contribution in [2.24, 2.45) is 0 Å². The number of nitrogens with zero attached hydrogens (tertiary/aromatic N) is 1. The first-order chi connectivity index (χ1) is 11.0. The normalized spacial score (nSPS) is 15.3. The summed E-state index contributed by atoms with van der Waals surface area (Å²) in [5.74, 6) is -3.03. The quantitative estimate of drug-likeness (QED) is 0.552. The van der Waals surface area contributed by atoms with Crippen molar-refractivity contribution >= 4 is 45.3 Å². The highest BCUT2D eigenvalue weighted by atomic mass is 32.2. The topological polar surface area (TPSA) is 126 Å². The summed E-state index contributed by atoms with van der Waals surface area (Å²) in [5.41, 5.74) is 0.718. The molecule has 2 aromatic rings. The highest BCUT2D eigenvalue weighted by molar-refractivity contribution is 8.00. The van der Waals surface area contributed by atoms with E-state index in [0.29, 0.717) is 22.0 Å². The molecular weight excluding hydrogens is 340 g/mol. The first-order valence-corrected chi connectivity index (χ1v) is 8.77. The average Bonchev–Trinajstić information content (AvgIpc) is 2.84. The minimum atomic E-state index is -1.53. The monoisotopic (exact) mass is 352 g/mol.